The minimum absolute atomic E-state index is 0.251. The Labute approximate surface area is 133 Å². The normalized spacial score (nSPS) is 30.6. The molecular formula is C17H27N3O2. The van der Waals surface area contributed by atoms with Crippen LogP contribution in [0.3, 0.4) is 0 Å². The predicted octanol–water partition coefficient (Wildman–Crippen LogP) is 1.49. The molecule has 0 amide bonds. The van der Waals surface area contributed by atoms with Gasteiger partial charge in [0, 0.05) is 49.9 Å². The Morgan fingerprint density at radius 2 is 2.32 bits per heavy atom. The van der Waals surface area contributed by atoms with Crippen LogP contribution in [0, 0.1) is 11.3 Å². The maximum Gasteiger partial charge on any atom is 0.217 e. The summed E-state index contributed by atoms with van der Waals surface area (Å²) in [4.78, 5) is 9.25. The molecule has 0 aromatic carbocycles. The number of rotatable bonds is 3. The number of hydrogen-bond donors (Lipinski definition) is 0. The van der Waals surface area contributed by atoms with Crippen molar-refractivity contribution in [2.24, 2.45) is 11.3 Å². The Kier molecular flexibility index (Phi) is 4.66. The van der Waals surface area contributed by atoms with Crippen LogP contribution in [0.15, 0.2) is 18.3 Å². The highest BCUT2D eigenvalue weighted by atomic mass is 16.5. The number of pyridine rings is 1. The molecule has 5 heteroatoms. The summed E-state index contributed by atoms with van der Waals surface area (Å²) in [5, 5.41) is 0. The van der Waals surface area contributed by atoms with Crippen molar-refractivity contribution in [2.75, 3.05) is 53.6 Å². The molecule has 2 aliphatic heterocycles. The second kappa shape index (κ2) is 6.52. The first-order chi connectivity index (χ1) is 10.6. The largest absolute Gasteiger partial charge is 0.481 e. The molecule has 3 rings (SSSR count). The summed E-state index contributed by atoms with van der Waals surface area (Å²) in [5.74, 6) is 1.40. The highest BCUT2D eigenvalue weighted by Gasteiger charge is 2.45. The van der Waals surface area contributed by atoms with Crippen LogP contribution in [-0.4, -0.2) is 68.3 Å². The van der Waals surface area contributed by atoms with Crippen molar-refractivity contribution >= 4 is 0 Å². The highest BCUT2D eigenvalue weighted by molar-refractivity contribution is 5.25. The standard InChI is InChI=1S/C17H27N3O2/c1-14-9-19(2)11-17(14)12-20(7-8-22-13-17)10-15-5-4-6-18-16(15)21-3/h4-6,14H,7-13H2,1-3H3/t14-,17+/m1/s1. The zero-order chi connectivity index (χ0) is 15.6. The molecule has 22 heavy (non-hydrogen) atoms. The molecule has 2 aliphatic rings. The summed E-state index contributed by atoms with van der Waals surface area (Å²) in [6.07, 6.45) is 1.78. The van der Waals surface area contributed by atoms with Crippen LogP contribution < -0.4 is 4.74 Å². The number of nitrogens with zero attached hydrogens (tertiary/aromatic N) is 3. The lowest BCUT2D eigenvalue weighted by Gasteiger charge is -2.35. The Hall–Kier alpha value is -1.17. The summed E-state index contributed by atoms with van der Waals surface area (Å²) in [5.41, 5.74) is 1.40. The van der Waals surface area contributed by atoms with Crippen LogP contribution in [0.5, 0.6) is 5.88 Å². The van der Waals surface area contributed by atoms with Gasteiger partial charge in [-0.25, -0.2) is 4.98 Å². The molecule has 0 radical (unpaired) electrons. The van der Waals surface area contributed by atoms with Gasteiger partial charge in [-0.15, -0.1) is 0 Å². The van der Waals surface area contributed by atoms with E-state index in [0.29, 0.717) is 5.92 Å². The molecular weight excluding hydrogens is 278 g/mol. The van der Waals surface area contributed by atoms with E-state index in [-0.39, 0.29) is 5.41 Å². The zero-order valence-electron chi connectivity index (χ0n) is 13.9. The fourth-order valence-corrected chi connectivity index (χ4v) is 3.96. The number of likely N-dealkylation sites (tertiary alicyclic amines) is 1. The molecule has 1 aromatic heterocycles. The van der Waals surface area contributed by atoms with Gasteiger partial charge in [-0.1, -0.05) is 13.0 Å². The van der Waals surface area contributed by atoms with Crippen molar-refractivity contribution in [1.82, 2.24) is 14.8 Å². The monoisotopic (exact) mass is 305 g/mol. The average Bonchev–Trinajstić information content (AvgIpc) is 2.66. The topological polar surface area (TPSA) is 37.8 Å². The Morgan fingerprint density at radius 3 is 3.05 bits per heavy atom. The predicted molar refractivity (Wildman–Crippen MR) is 86.0 cm³/mol. The van der Waals surface area contributed by atoms with E-state index in [9.17, 15) is 0 Å². The maximum atomic E-state index is 5.96. The van der Waals surface area contributed by atoms with E-state index in [1.54, 1.807) is 13.3 Å². The summed E-state index contributed by atoms with van der Waals surface area (Å²) in [7, 11) is 3.90. The molecule has 3 heterocycles. The van der Waals surface area contributed by atoms with Crippen molar-refractivity contribution < 1.29 is 9.47 Å². The molecule has 0 bridgehead atoms. The van der Waals surface area contributed by atoms with Gasteiger partial charge in [0.05, 0.1) is 20.3 Å². The average molecular weight is 305 g/mol. The van der Waals surface area contributed by atoms with E-state index < -0.39 is 0 Å². The molecule has 1 spiro atoms. The van der Waals surface area contributed by atoms with Crippen molar-refractivity contribution in [2.45, 2.75) is 13.5 Å². The second-order valence-corrected chi connectivity index (χ2v) is 6.90. The molecule has 1 aromatic rings. The van der Waals surface area contributed by atoms with Gasteiger partial charge in [-0.2, -0.15) is 0 Å². The van der Waals surface area contributed by atoms with Crippen molar-refractivity contribution in [3.05, 3.63) is 23.9 Å². The van der Waals surface area contributed by atoms with E-state index >= 15 is 0 Å². The van der Waals surface area contributed by atoms with Gasteiger partial charge in [0.1, 0.15) is 0 Å². The first-order valence-corrected chi connectivity index (χ1v) is 8.09. The number of methoxy groups -OCH3 is 1. The highest BCUT2D eigenvalue weighted by Crippen LogP contribution is 2.38. The summed E-state index contributed by atoms with van der Waals surface area (Å²) in [6.45, 7) is 9.24. The number of ether oxygens (including phenoxy) is 2. The van der Waals surface area contributed by atoms with E-state index in [2.05, 4.69) is 34.8 Å². The summed E-state index contributed by atoms with van der Waals surface area (Å²) < 4.78 is 11.4. The van der Waals surface area contributed by atoms with Crippen molar-refractivity contribution in [3.8, 4) is 5.88 Å². The number of aromatic nitrogens is 1. The Balaban J connectivity index is 1.76. The van der Waals surface area contributed by atoms with E-state index in [1.807, 2.05) is 6.07 Å². The quantitative estimate of drug-likeness (QED) is 0.846. The van der Waals surface area contributed by atoms with Crippen molar-refractivity contribution in [1.29, 1.82) is 0 Å². The van der Waals surface area contributed by atoms with E-state index in [4.69, 9.17) is 9.47 Å². The zero-order valence-corrected chi connectivity index (χ0v) is 13.9. The third kappa shape index (κ3) is 3.12. The van der Waals surface area contributed by atoms with Crippen LogP contribution in [0.4, 0.5) is 0 Å². The lowest BCUT2D eigenvalue weighted by Crippen LogP contribution is -2.43. The van der Waals surface area contributed by atoms with Crippen LogP contribution >= 0.6 is 0 Å². The van der Waals surface area contributed by atoms with Crippen molar-refractivity contribution in [3.63, 3.8) is 0 Å². The van der Waals surface area contributed by atoms with Gasteiger partial charge < -0.3 is 14.4 Å². The fraction of sp³-hybridized carbons (Fsp3) is 0.706. The van der Waals surface area contributed by atoms with E-state index in [0.717, 1.165) is 57.4 Å². The number of hydrogen-bond acceptors (Lipinski definition) is 5. The van der Waals surface area contributed by atoms with Gasteiger partial charge >= 0.3 is 0 Å². The fourth-order valence-electron chi connectivity index (χ4n) is 3.96. The minimum Gasteiger partial charge on any atom is -0.481 e. The van der Waals surface area contributed by atoms with Crippen LogP contribution in [-0.2, 0) is 11.3 Å². The van der Waals surface area contributed by atoms with Gasteiger partial charge in [0.25, 0.3) is 0 Å². The third-order valence-electron chi connectivity index (χ3n) is 5.13. The first kappa shape index (κ1) is 15.7. The molecule has 122 valence electrons. The molecule has 2 atom stereocenters. The molecule has 5 nitrogen and oxygen atoms in total. The smallest absolute Gasteiger partial charge is 0.217 e. The molecule has 0 N–H and O–H groups in total. The lowest BCUT2D eigenvalue weighted by molar-refractivity contribution is 0.0514. The SMILES string of the molecule is COc1ncccc1CN1CCOC[C@]2(CN(C)C[C@H]2C)C1. The summed E-state index contributed by atoms with van der Waals surface area (Å²) in [6, 6.07) is 4.09. The molecule has 2 fully saturated rings. The van der Waals surface area contributed by atoms with Crippen LogP contribution in [0.1, 0.15) is 12.5 Å². The maximum absolute atomic E-state index is 5.96. The third-order valence-corrected chi connectivity index (χ3v) is 5.13. The second-order valence-electron chi connectivity index (χ2n) is 6.90. The lowest BCUT2D eigenvalue weighted by atomic mass is 9.79. The van der Waals surface area contributed by atoms with Gasteiger partial charge in [-0.05, 0) is 19.0 Å². The van der Waals surface area contributed by atoms with Crippen LogP contribution in [0.2, 0.25) is 0 Å². The van der Waals surface area contributed by atoms with Gasteiger partial charge in [0.15, 0.2) is 0 Å². The minimum atomic E-state index is 0.251. The first-order valence-electron chi connectivity index (χ1n) is 8.09. The Morgan fingerprint density at radius 1 is 1.45 bits per heavy atom. The molecule has 0 unspecified atom stereocenters. The van der Waals surface area contributed by atoms with Gasteiger partial charge in [0.2, 0.25) is 5.88 Å². The van der Waals surface area contributed by atoms with Crippen LogP contribution in [0.25, 0.3) is 0 Å². The Bertz CT molecular complexity index is 510. The molecule has 2 saturated heterocycles. The van der Waals surface area contributed by atoms with Gasteiger partial charge in [-0.3, -0.25) is 4.90 Å². The van der Waals surface area contributed by atoms with E-state index in [1.165, 1.54) is 0 Å². The molecule has 0 saturated carbocycles. The summed E-state index contributed by atoms with van der Waals surface area (Å²) >= 11 is 0. The molecule has 0 aliphatic carbocycles.